The van der Waals surface area contributed by atoms with Crippen LogP contribution in [0, 0.1) is 0 Å². The lowest BCUT2D eigenvalue weighted by Gasteiger charge is -2.46. The van der Waals surface area contributed by atoms with E-state index in [9.17, 15) is 0 Å². The molecule has 1 spiro atoms. The van der Waals surface area contributed by atoms with Gasteiger partial charge in [0.05, 0.1) is 5.41 Å². The first-order chi connectivity index (χ1) is 28.5. The lowest BCUT2D eigenvalue weighted by atomic mass is 9.55. The van der Waals surface area contributed by atoms with Gasteiger partial charge in [-0.1, -0.05) is 202 Å². The molecule has 0 amide bonds. The largest absolute Gasteiger partial charge is 0.208 e. The second kappa shape index (κ2) is 13.2. The molecule has 1 heterocycles. The van der Waals surface area contributed by atoms with Crippen LogP contribution in [0.25, 0.3) is 67.5 Å². The summed E-state index contributed by atoms with van der Waals surface area (Å²) in [6.07, 6.45) is 0. The normalized spacial score (nSPS) is 14.0. The second-order valence-electron chi connectivity index (χ2n) is 16.0. The molecule has 0 unspecified atom stereocenters. The Labute approximate surface area is 339 Å². The molecule has 11 rings (SSSR count). The minimum Gasteiger partial charge on any atom is -0.208 e. The number of hydrogen-bond donors (Lipinski definition) is 0. The van der Waals surface area contributed by atoms with Crippen molar-refractivity contribution in [1.29, 1.82) is 0 Å². The molecule has 0 saturated heterocycles. The maximum absolute atomic E-state index is 4.95. The Kier molecular flexibility index (Phi) is 7.74. The second-order valence-corrected chi connectivity index (χ2v) is 16.0. The number of fused-ring (bicyclic) bond motifs is 9. The van der Waals surface area contributed by atoms with Gasteiger partial charge in [0.2, 0.25) is 0 Å². The van der Waals surface area contributed by atoms with E-state index in [0.29, 0.717) is 17.5 Å². The minimum atomic E-state index is -0.423. The van der Waals surface area contributed by atoms with Crippen LogP contribution in [0.5, 0.6) is 0 Å². The summed E-state index contributed by atoms with van der Waals surface area (Å²) in [5.41, 5.74) is 17.8. The van der Waals surface area contributed by atoms with Crippen molar-refractivity contribution < 1.29 is 0 Å². The molecule has 3 nitrogen and oxygen atoms in total. The van der Waals surface area contributed by atoms with Crippen LogP contribution in [0.3, 0.4) is 0 Å². The van der Waals surface area contributed by atoms with Crippen molar-refractivity contribution in [2.24, 2.45) is 0 Å². The quantitative estimate of drug-likeness (QED) is 0.176. The predicted molar refractivity (Wildman–Crippen MR) is 236 cm³/mol. The highest BCUT2D eigenvalue weighted by Crippen LogP contribution is 2.62. The van der Waals surface area contributed by atoms with E-state index in [4.69, 9.17) is 15.0 Å². The summed E-state index contributed by atoms with van der Waals surface area (Å²) < 4.78 is 0. The van der Waals surface area contributed by atoms with E-state index < -0.39 is 5.41 Å². The molecule has 2 aliphatic rings. The minimum absolute atomic E-state index is 0.173. The Morgan fingerprint density at radius 2 is 0.655 bits per heavy atom. The number of hydrogen-bond acceptors (Lipinski definition) is 3. The van der Waals surface area contributed by atoms with Crippen LogP contribution in [0.4, 0.5) is 0 Å². The lowest BCUT2D eigenvalue weighted by molar-refractivity contribution is 0.563. The topological polar surface area (TPSA) is 38.7 Å². The molecule has 0 aliphatic heterocycles. The van der Waals surface area contributed by atoms with Crippen molar-refractivity contribution in [3.63, 3.8) is 0 Å². The molecule has 58 heavy (non-hydrogen) atoms. The molecular weight excluding hydrogens is 703 g/mol. The summed E-state index contributed by atoms with van der Waals surface area (Å²) in [7, 11) is 0. The molecule has 9 aromatic rings. The lowest BCUT2D eigenvalue weighted by Crippen LogP contribution is -2.40. The summed E-state index contributed by atoms with van der Waals surface area (Å²) in [6.45, 7) is 4.77. The third-order valence-electron chi connectivity index (χ3n) is 12.4. The molecule has 8 aromatic carbocycles. The first-order valence-electron chi connectivity index (χ1n) is 20.0. The summed E-state index contributed by atoms with van der Waals surface area (Å²) in [4.78, 5) is 14.8. The zero-order valence-electron chi connectivity index (χ0n) is 32.4. The van der Waals surface area contributed by atoms with Gasteiger partial charge in [-0.25, -0.2) is 15.0 Å². The van der Waals surface area contributed by atoms with E-state index in [1.165, 1.54) is 55.6 Å². The fraction of sp³-hybridized carbons (Fsp3) is 0.0727. The van der Waals surface area contributed by atoms with Crippen LogP contribution in [-0.2, 0) is 10.8 Å². The summed E-state index contributed by atoms with van der Waals surface area (Å²) in [6, 6.07) is 72.2. The maximum atomic E-state index is 4.95. The zero-order valence-corrected chi connectivity index (χ0v) is 32.4. The van der Waals surface area contributed by atoms with Crippen molar-refractivity contribution in [1.82, 2.24) is 15.0 Å². The number of nitrogens with zero attached hydrogens (tertiary/aromatic N) is 3. The fourth-order valence-electron chi connectivity index (χ4n) is 9.67. The van der Waals surface area contributed by atoms with Gasteiger partial charge in [-0.15, -0.1) is 0 Å². The monoisotopic (exact) mass is 741 g/mol. The molecule has 274 valence electrons. The molecule has 2 aliphatic carbocycles. The van der Waals surface area contributed by atoms with Gasteiger partial charge in [-0.2, -0.15) is 0 Å². The van der Waals surface area contributed by atoms with Gasteiger partial charge in [0, 0.05) is 22.1 Å². The van der Waals surface area contributed by atoms with Gasteiger partial charge in [0.1, 0.15) is 0 Å². The van der Waals surface area contributed by atoms with E-state index in [1.54, 1.807) is 0 Å². The third kappa shape index (κ3) is 5.17. The zero-order chi connectivity index (χ0) is 38.8. The Balaban J connectivity index is 1.01. The molecule has 0 fully saturated rings. The molecule has 0 atom stereocenters. The highest BCUT2D eigenvalue weighted by Gasteiger charge is 2.53. The Hall–Kier alpha value is -7.23. The average molecular weight is 742 g/mol. The Morgan fingerprint density at radius 1 is 0.276 bits per heavy atom. The van der Waals surface area contributed by atoms with Crippen LogP contribution in [-0.4, -0.2) is 15.0 Å². The van der Waals surface area contributed by atoms with E-state index in [2.05, 4.69) is 153 Å². The third-order valence-corrected chi connectivity index (χ3v) is 12.4. The van der Waals surface area contributed by atoms with Crippen molar-refractivity contribution >= 4 is 0 Å². The smallest absolute Gasteiger partial charge is 0.164 e. The van der Waals surface area contributed by atoms with Gasteiger partial charge in [-0.3, -0.25) is 0 Å². The molecule has 0 saturated carbocycles. The highest BCUT2D eigenvalue weighted by molar-refractivity contribution is 5.89. The van der Waals surface area contributed by atoms with E-state index in [1.807, 2.05) is 60.7 Å². The molecule has 1 aromatic heterocycles. The maximum Gasteiger partial charge on any atom is 0.164 e. The fourth-order valence-corrected chi connectivity index (χ4v) is 9.67. The first-order valence-corrected chi connectivity index (χ1v) is 20.0. The molecule has 0 radical (unpaired) electrons. The summed E-state index contributed by atoms with van der Waals surface area (Å²) in [5.74, 6) is 1.96. The standard InChI is InChI=1S/C55H39N3/c1-54(2)47-26-13-14-27-49(47)55(45-24-11-9-22-43(45)44-23-10-12-25-46(44)55)50-35-42(32-33-48(50)54)41-21-15-20-40(34-41)36-28-30-39(31-29-36)53-57-51(37-16-5-3-6-17-37)56-52(58-53)38-18-7-4-8-19-38/h3-35H,1-2H3. The Morgan fingerprint density at radius 3 is 1.22 bits per heavy atom. The van der Waals surface area contributed by atoms with Crippen molar-refractivity contribution in [3.8, 4) is 67.5 Å². The number of aromatic nitrogens is 3. The molecule has 0 bridgehead atoms. The van der Waals surface area contributed by atoms with E-state index in [0.717, 1.165) is 27.8 Å². The summed E-state index contributed by atoms with van der Waals surface area (Å²) in [5, 5.41) is 0. The van der Waals surface area contributed by atoms with Crippen LogP contribution >= 0.6 is 0 Å². The van der Waals surface area contributed by atoms with Gasteiger partial charge in [0.15, 0.2) is 17.5 Å². The van der Waals surface area contributed by atoms with Crippen LogP contribution in [0.2, 0.25) is 0 Å². The average Bonchev–Trinajstić information content (AvgIpc) is 3.59. The van der Waals surface area contributed by atoms with Crippen LogP contribution < -0.4 is 0 Å². The van der Waals surface area contributed by atoms with Gasteiger partial charge >= 0.3 is 0 Å². The van der Waals surface area contributed by atoms with Crippen LogP contribution in [0.1, 0.15) is 47.2 Å². The van der Waals surface area contributed by atoms with Gasteiger partial charge in [0.25, 0.3) is 0 Å². The van der Waals surface area contributed by atoms with Gasteiger partial charge < -0.3 is 0 Å². The molecule has 0 N–H and O–H groups in total. The van der Waals surface area contributed by atoms with Crippen molar-refractivity contribution in [2.45, 2.75) is 24.7 Å². The number of rotatable bonds is 5. The molecule has 3 heteroatoms. The number of benzene rings is 8. The molecular formula is C55H39N3. The SMILES string of the molecule is CC1(C)c2ccccc2C2(c3ccccc3-c3ccccc32)c2cc(-c3cccc(-c4ccc(-c5nc(-c6ccccc6)nc(-c6ccccc6)n5)cc4)c3)ccc21. The van der Waals surface area contributed by atoms with Gasteiger partial charge in [-0.05, 0) is 78.9 Å². The van der Waals surface area contributed by atoms with E-state index in [-0.39, 0.29) is 5.41 Å². The Bertz CT molecular complexity index is 2920. The van der Waals surface area contributed by atoms with Crippen LogP contribution in [0.15, 0.2) is 200 Å². The van der Waals surface area contributed by atoms with E-state index >= 15 is 0 Å². The summed E-state index contributed by atoms with van der Waals surface area (Å²) >= 11 is 0. The highest BCUT2D eigenvalue weighted by atomic mass is 15.0. The van der Waals surface area contributed by atoms with Crippen molar-refractivity contribution in [2.75, 3.05) is 0 Å². The first kappa shape index (κ1) is 34.1. The predicted octanol–water partition coefficient (Wildman–Crippen LogP) is 13.2. The van der Waals surface area contributed by atoms with Crippen molar-refractivity contribution in [3.05, 3.63) is 234 Å².